The third-order valence-electron chi connectivity index (χ3n) is 3.97. The van der Waals surface area contributed by atoms with Crippen LogP contribution in [0.2, 0.25) is 0 Å². The van der Waals surface area contributed by atoms with E-state index in [1.54, 1.807) is 6.92 Å². The molecule has 0 spiro atoms. The van der Waals surface area contributed by atoms with Crippen LogP contribution < -0.4 is 4.72 Å². The molecular weight excluding hydrogens is 415 g/mol. The van der Waals surface area contributed by atoms with Crippen LogP contribution >= 0.6 is 0 Å². The zero-order chi connectivity index (χ0) is 17.5. The predicted molar refractivity (Wildman–Crippen MR) is 92.6 cm³/mol. The standard InChI is InChI=1S/C17H18N3O3S.Y/c1-10-7-5-6-8-13(10)9-14-11(2)16-15(12(3)19-23-16)18-17(14)20-24(4,21)22;/h6-8H,9H2,1-4H3,(H,18,20);/q-1;. The Hall–Kier alpha value is -1.31. The third kappa shape index (κ3) is 4.27. The van der Waals surface area contributed by atoms with E-state index in [9.17, 15) is 8.42 Å². The van der Waals surface area contributed by atoms with Gasteiger partial charge >= 0.3 is 0 Å². The van der Waals surface area contributed by atoms with Gasteiger partial charge in [-0.2, -0.15) is 35.4 Å². The molecule has 0 aliphatic carbocycles. The molecule has 0 saturated carbocycles. The summed E-state index contributed by atoms with van der Waals surface area (Å²) < 4.78 is 31.4. The summed E-state index contributed by atoms with van der Waals surface area (Å²) in [5, 5.41) is 3.94. The van der Waals surface area contributed by atoms with E-state index in [4.69, 9.17) is 4.52 Å². The Morgan fingerprint density at radius 2 is 2.00 bits per heavy atom. The smallest absolute Gasteiger partial charge is 0.230 e. The zero-order valence-corrected chi connectivity index (χ0v) is 18.2. The topological polar surface area (TPSA) is 85.1 Å². The Morgan fingerprint density at radius 3 is 2.64 bits per heavy atom. The Balaban J connectivity index is 0.00000225. The largest absolute Gasteiger partial charge is 0.354 e. The molecule has 0 amide bonds. The van der Waals surface area contributed by atoms with Gasteiger partial charge in [0.2, 0.25) is 10.0 Å². The summed E-state index contributed by atoms with van der Waals surface area (Å²) in [5.41, 5.74) is 5.54. The molecule has 2 heterocycles. The van der Waals surface area contributed by atoms with Crippen molar-refractivity contribution in [3.8, 4) is 0 Å². The van der Waals surface area contributed by atoms with E-state index < -0.39 is 10.0 Å². The zero-order valence-electron chi connectivity index (χ0n) is 14.5. The number of sulfonamides is 1. The van der Waals surface area contributed by atoms with E-state index >= 15 is 0 Å². The Kier molecular flexibility index (Phi) is 6.02. The molecule has 0 unspecified atom stereocenters. The van der Waals surface area contributed by atoms with Gasteiger partial charge in [0, 0.05) is 43.8 Å². The van der Waals surface area contributed by atoms with Gasteiger partial charge in [0.25, 0.3) is 0 Å². The summed E-state index contributed by atoms with van der Waals surface area (Å²) in [5.74, 6) is 0.320. The van der Waals surface area contributed by atoms with Crippen LogP contribution in [0.4, 0.5) is 5.82 Å². The fourth-order valence-electron chi connectivity index (χ4n) is 2.65. The number of nitrogens with one attached hydrogen (secondary N) is 1. The van der Waals surface area contributed by atoms with Gasteiger partial charge in [0.1, 0.15) is 17.0 Å². The van der Waals surface area contributed by atoms with E-state index in [0.29, 0.717) is 29.0 Å². The van der Waals surface area contributed by atoms with Gasteiger partial charge in [-0.05, 0) is 20.3 Å². The maximum Gasteiger partial charge on any atom is 0.230 e. The van der Waals surface area contributed by atoms with E-state index in [1.807, 2.05) is 32.0 Å². The molecule has 0 aliphatic heterocycles. The van der Waals surface area contributed by atoms with Crippen molar-refractivity contribution in [2.45, 2.75) is 27.2 Å². The molecule has 0 fully saturated rings. The molecule has 1 aromatic carbocycles. The van der Waals surface area contributed by atoms with Gasteiger partial charge in [-0.1, -0.05) is 12.1 Å². The van der Waals surface area contributed by atoms with Crippen LogP contribution in [0.5, 0.6) is 0 Å². The van der Waals surface area contributed by atoms with Crippen LogP contribution in [-0.2, 0) is 49.2 Å². The van der Waals surface area contributed by atoms with E-state index in [0.717, 1.165) is 28.5 Å². The Morgan fingerprint density at radius 1 is 1.28 bits per heavy atom. The number of benzene rings is 1. The van der Waals surface area contributed by atoms with Gasteiger partial charge < -0.3 is 4.52 Å². The summed E-state index contributed by atoms with van der Waals surface area (Å²) in [7, 11) is -3.45. The average molecular weight is 433 g/mol. The molecule has 0 atom stereocenters. The number of rotatable bonds is 4. The van der Waals surface area contributed by atoms with E-state index in [1.165, 1.54) is 0 Å². The Bertz CT molecular complexity index is 1030. The summed E-state index contributed by atoms with van der Waals surface area (Å²) in [6, 6.07) is 8.74. The molecule has 1 radical (unpaired) electrons. The fourth-order valence-corrected chi connectivity index (χ4v) is 3.17. The maximum atomic E-state index is 11.7. The molecule has 3 aromatic rings. The van der Waals surface area contributed by atoms with Gasteiger partial charge in [-0.3, -0.25) is 4.72 Å². The second kappa shape index (κ2) is 7.52. The van der Waals surface area contributed by atoms with Crippen molar-refractivity contribution >= 4 is 26.9 Å². The molecule has 129 valence electrons. The van der Waals surface area contributed by atoms with Crippen LogP contribution in [-0.4, -0.2) is 24.8 Å². The number of aryl methyl sites for hydroxylation is 3. The van der Waals surface area contributed by atoms with Gasteiger partial charge in [-0.15, -0.1) is 0 Å². The molecule has 25 heavy (non-hydrogen) atoms. The van der Waals surface area contributed by atoms with Gasteiger partial charge in [-0.25, -0.2) is 13.4 Å². The molecule has 8 heteroatoms. The maximum absolute atomic E-state index is 11.7. The average Bonchev–Trinajstić information content (AvgIpc) is 2.85. The van der Waals surface area contributed by atoms with Crippen molar-refractivity contribution in [3.63, 3.8) is 0 Å². The Labute approximate surface area is 172 Å². The molecular formula is C17H18N3O3SY-. The quantitative estimate of drug-likeness (QED) is 0.640. The number of nitrogens with zero attached hydrogens (tertiary/aromatic N) is 2. The van der Waals surface area contributed by atoms with Crippen molar-refractivity contribution < 1.29 is 45.7 Å². The molecule has 0 bridgehead atoms. The van der Waals surface area contributed by atoms with Crippen molar-refractivity contribution in [2.75, 3.05) is 11.0 Å². The number of anilines is 1. The first kappa shape index (κ1) is 20.0. The van der Waals surface area contributed by atoms with Crippen LogP contribution in [0.15, 0.2) is 22.7 Å². The molecule has 3 rings (SSSR count). The van der Waals surface area contributed by atoms with Crippen LogP contribution in [0.3, 0.4) is 0 Å². The van der Waals surface area contributed by atoms with Gasteiger partial charge in [0.15, 0.2) is 5.58 Å². The van der Waals surface area contributed by atoms with Crippen LogP contribution in [0.25, 0.3) is 11.1 Å². The summed E-state index contributed by atoms with van der Waals surface area (Å²) in [6.07, 6.45) is 1.65. The monoisotopic (exact) mass is 433 g/mol. The molecule has 6 nitrogen and oxygen atoms in total. The summed E-state index contributed by atoms with van der Waals surface area (Å²) in [4.78, 5) is 4.45. The summed E-state index contributed by atoms with van der Waals surface area (Å²) >= 11 is 0. The summed E-state index contributed by atoms with van der Waals surface area (Å²) in [6.45, 7) is 5.66. The first-order valence-corrected chi connectivity index (χ1v) is 9.34. The van der Waals surface area contributed by atoms with Crippen molar-refractivity contribution in [1.29, 1.82) is 0 Å². The van der Waals surface area contributed by atoms with Crippen LogP contribution in [0, 0.1) is 26.8 Å². The number of hydrogen-bond acceptors (Lipinski definition) is 5. The van der Waals surface area contributed by atoms with Crippen LogP contribution in [0.1, 0.15) is 27.9 Å². The first-order valence-electron chi connectivity index (χ1n) is 7.45. The van der Waals surface area contributed by atoms with Crippen molar-refractivity contribution in [1.82, 2.24) is 10.1 Å². The minimum absolute atomic E-state index is 0. The second-order valence-corrected chi connectivity index (χ2v) is 7.66. The second-order valence-electron chi connectivity index (χ2n) is 5.91. The van der Waals surface area contributed by atoms with Crippen molar-refractivity contribution in [3.05, 3.63) is 52.2 Å². The van der Waals surface area contributed by atoms with E-state index in [2.05, 4.69) is 20.9 Å². The fraction of sp³-hybridized carbons (Fsp3) is 0.294. The minimum Gasteiger partial charge on any atom is -0.354 e. The molecule has 1 N–H and O–H groups in total. The molecule has 0 aliphatic rings. The number of fused-ring (bicyclic) bond motifs is 1. The number of pyridine rings is 1. The SMILES string of the molecule is Cc1c[c-]ccc1Cc1c(NS(C)(=O)=O)nc2c(C)noc2c1C.[Y]. The molecule has 2 aromatic heterocycles. The van der Waals surface area contributed by atoms with E-state index in [-0.39, 0.29) is 32.7 Å². The van der Waals surface area contributed by atoms with Crippen molar-refractivity contribution in [2.24, 2.45) is 0 Å². The third-order valence-corrected chi connectivity index (χ3v) is 4.53. The first-order chi connectivity index (χ1) is 11.3. The predicted octanol–water partition coefficient (Wildman–Crippen LogP) is 2.91. The normalized spacial score (nSPS) is 11.4. The molecule has 0 saturated heterocycles. The number of hydrogen-bond donors (Lipinski definition) is 1. The van der Waals surface area contributed by atoms with Gasteiger partial charge in [0.05, 0.1) is 6.26 Å². The number of aromatic nitrogens is 2. The minimum atomic E-state index is -3.45.